The van der Waals surface area contributed by atoms with E-state index in [0.717, 1.165) is 6.07 Å². The molecule has 1 rings (SSSR count). The van der Waals surface area contributed by atoms with Crippen molar-refractivity contribution in [2.45, 2.75) is 26.3 Å². The normalized spacial score (nSPS) is 10.4. The van der Waals surface area contributed by atoms with Crippen molar-refractivity contribution in [1.29, 1.82) is 0 Å². The average Bonchev–Trinajstić information content (AvgIpc) is 2.27. The number of carbonyl (C=O) groups excluding carboxylic acids is 1. The van der Waals surface area contributed by atoms with Gasteiger partial charge in [0.1, 0.15) is 11.6 Å². The van der Waals surface area contributed by atoms with Gasteiger partial charge in [0.05, 0.1) is 6.61 Å². The molecule has 1 aromatic carbocycles. The van der Waals surface area contributed by atoms with E-state index in [1.807, 2.05) is 0 Å². The largest absolute Gasteiger partial charge is 0.466 e. The highest BCUT2D eigenvalue weighted by atomic mass is 19.1. The van der Waals surface area contributed by atoms with Crippen molar-refractivity contribution in [2.75, 3.05) is 13.2 Å². The molecular weight excluding hydrogens is 240 g/mol. The van der Waals surface area contributed by atoms with Crippen LogP contribution in [0.2, 0.25) is 0 Å². The van der Waals surface area contributed by atoms with Crippen LogP contribution in [0.4, 0.5) is 8.78 Å². The predicted octanol–water partition coefficient (Wildman–Crippen LogP) is 2.40. The maximum Gasteiger partial charge on any atom is 0.305 e. The lowest BCUT2D eigenvalue weighted by Gasteiger charge is -2.05. The second kappa shape index (κ2) is 7.76. The maximum atomic E-state index is 12.9. The Hall–Kier alpha value is -1.49. The smallest absolute Gasteiger partial charge is 0.305 e. The minimum atomic E-state index is -0.585. The van der Waals surface area contributed by atoms with E-state index in [9.17, 15) is 13.6 Å². The Bertz CT molecular complexity index is 376. The standard InChI is InChI=1S/C13H17F2NO2/c1-2-18-13(17)4-3-5-16-9-10-6-11(14)8-12(15)7-10/h6-8,16H,2-5,9H2,1H3. The van der Waals surface area contributed by atoms with Crippen LogP contribution in [0, 0.1) is 11.6 Å². The molecule has 0 saturated carbocycles. The third kappa shape index (κ3) is 5.72. The summed E-state index contributed by atoms with van der Waals surface area (Å²) in [5.74, 6) is -1.40. The highest BCUT2D eigenvalue weighted by Crippen LogP contribution is 2.07. The molecule has 0 aromatic heterocycles. The summed E-state index contributed by atoms with van der Waals surface area (Å²) in [6.07, 6.45) is 0.981. The Labute approximate surface area is 105 Å². The fourth-order valence-corrected chi connectivity index (χ4v) is 1.54. The zero-order chi connectivity index (χ0) is 13.4. The quantitative estimate of drug-likeness (QED) is 0.602. The molecule has 0 radical (unpaired) electrons. The van der Waals surface area contributed by atoms with Gasteiger partial charge in [-0.25, -0.2) is 8.78 Å². The first-order valence-electron chi connectivity index (χ1n) is 5.93. The number of benzene rings is 1. The Morgan fingerprint density at radius 3 is 2.56 bits per heavy atom. The van der Waals surface area contributed by atoms with Crippen molar-refractivity contribution in [3.8, 4) is 0 Å². The molecule has 0 atom stereocenters. The number of rotatable bonds is 7. The molecule has 0 aliphatic carbocycles. The topological polar surface area (TPSA) is 38.3 Å². The van der Waals surface area contributed by atoms with E-state index in [4.69, 9.17) is 4.74 Å². The third-order valence-electron chi connectivity index (χ3n) is 2.29. The minimum Gasteiger partial charge on any atom is -0.466 e. The molecule has 0 saturated heterocycles. The summed E-state index contributed by atoms with van der Waals surface area (Å²) >= 11 is 0. The fraction of sp³-hybridized carbons (Fsp3) is 0.462. The molecular formula is C13H17F2NO2. The summed E-state index contributed by atoms with van der Waals surface area (Å²) in [5, 5.41) is 3.01. The minimum absolute atomic E-state index is 0.226. The van der Waals surface area contributed by atoms with E-state index in [1.165, 1.54) is 12.1 Å². The number of hydrogen-bond acceptors (Lipinski definition) is 3. The van der Waals surface area contributed by atoms with Gasteiger partial charge >= 0.3 is 5.97 Å². The highest BCUT2D eigenvalue weighted by molar-refractivity contribution is 5.69. The Balaban J connectivity index is 2.19. The summed E-state index contributed by atoms with van der Waals surface area (Å²) < 4.78 is 30.5. The number of nitrogens with one attached hydrogen (secondary N) is 1. The molecule has 0 spiro atoms. The van der Waals surface area contributed by atoms with Crippen LogP contribution in [-0.2, 0) is 16.1 Å². The zero-order valence-electron chi connectivity index (χ0n) is 10.3. The van der Waals surface area contributed by atoms with Crippen molar-refractivity contribution in [2.24, 2.45) is 0 Å². The molecule has 0 unspecified atom stereocenters. The van der Waals surface area contributed by atoms with Crippen molar-refractivity contribution in [1.82, 2.24) is 5.32 Å². The second-order valence-corrected chi connectivity index (χ2v) is 3.86. The third-order valence-corrected chi connectivity index (χ3v) is 2.29. The van der Waals surface area contributed by atoms with Gasteiger partial charge in [0.2, 0.25) is 0 Å². The Morgan fingerprint density at radius 2 is 1.94 bits per heavy atom. The van der Waals surface area contributed by atoms with Gasteiger partial charge < -0.3 is 10.1 Å². The van der Waals surface area contributed by atoms with Gasteiger partial charge in [0.25, 0.3) is 0 Å². The van der Waals surface area contributed by atoms with Crippen LogP contribution in [0.3, 0.4) is 0 Å². The molecule has 5 heteroatoms. The van der Waals surface area contributed by atoms with Crippen LogP contribution in [0.1, 0.15) is 25.3 Å². The number of carbonyl (C=O) groups is 1. The summed E-state index contributed by atoms with van der Waals surface area (Å²) in [6, 6.07) is 3.40. The van der Waals surface area contributed by atoms with Gasteiger partial charge in [-0.2, -0.15) is 0 Å². The summed E-state index contributed by atoms with van der Waals surface area (Å²) in [5.41, 5.74) is 0.545. The van der Waals surface area contributed by atoms with Crippen molar-refractivity contribution in [3.05, 3.63) is 35.4 Å². The lowest BCUT2D eigenvalue weighted by molar-refractivity contribution is -0.143. The van der Waals surface area contributed by atoms with Gasteiger partial charge in [-0.1, -0.05) is 0 Å². The van der Waals surface area contributed by atoms with Crippen LogP contribution in [0.5, 0.6) is 0 Å². The first-order valence-corrected chi connectivity index (χ1v) is 5.93. The van der Waals surface area contributed by atoms with E-state index in [1.54, 1.807) is 6.92 Å². The van der Waals surface area contributed by atoms with Crippen molar-refractivity contribution >= 4 is 5.97 Å². The highest BCUT2D eigenvalue weighted by Gasteiger charge is 2.02. The predicted molar refractivity (Wildman–Crippen MR) is 63.9 cm³/mol. The number of halogens is 2. The number of ether oxygens (including phenoxy) is 1. The van der Waals surface area contributed by atoms with E-state index in [0.29, 0.717) is 38.1 Å². The summed E-state index contributed by atoms with van der Waals surface area (Å²) in [7, 11) is 0. The molecule has 3 nitrogen and oxygen atoms in total. The second-order valence-electron chi connectivity index (χ2n) is 3.86. The molecule has 0 aliphatic heterocycles. The number of esters is 1. The Morgan fingerprint density at radius 1 is 1.28 bits per heavy atom. The fourth-order valence-electron chi connectivity index (χ4n) is 1.54. The molecule has 0 heterocycles. The van der Waals surface area contributed by atoms with E-state index < -0.39 is 11.6 Å². The molecule has 1 aromatic rings. The van der Waals surface area contributed by atoms with Crippen LogP contribution in [-0.4, -0.2) is 19.1 Å². The number of hydrogen-bond donors (Lipinski definition) is 1. The lowest BCUT2D eigenvalue weighted by atomic mass is 10.2. The van der Waals surface area contributed by atoms with Gasteiger partial charge in [0.15, 0.2) is 0 Å². The zero-order valence-corrected chi connectivity index (χ0v) is 10.3. The van der Waals surface area contributed by atoms with E-state index in [-0.39, 0.29) is 5.97 Å². The molecule has 0 amide bonds. The van der Waals surface area contributed by atoms with E-state index >= 15 is 0 Å². The summed E-state index contributed by atoms with van der Waals surface area (Å²) in [6.45, 7) is 3.11. The van der Waals surface area contributed by atoms with Crippen molar-refractivity contribution < 1.29 is 18.3 Å². The SMILES string of the molecule is CCOC(=O)CCCNCc1cc(F)cc(F)c1. The van der Waals surface area contributed by atoms with Gasteiger partial charge in [-0.15, -0.1) is 0 Å². The Kier molecular flexibility index (Phi) is 6.28. The van der Waals surface area contributed by atoms with Crippen LogP contribution in [0.25, 0.3) is 0 Å². The van der Waals surface area contributed by atoms with E-state index in [2.05, 4.69) is 5.32 Å². The molecule has 18 heavy (non-hydrogen) atoms. The van der Waals surface area contributed by atoms with Crippen molar-refractivity contribution in [3.63, 3.8) is 0 Å². The average molecular weight is 257 g/mol. The molecule has 100 valence electrons. The maximum absolute atomic E-state index is 12.9. The van der Waals surface area contributed by atoms with Gasteiger partial charge in [-0.3, -0.25) is 4.79 Å². The lowest BCUT2D eigenvalue weighted by Crippen LogP contribution is -2.16. The monoisotopic (exact) mass is 257 g/mol. The van der Waals surface area contributed by atoms with Crippen LogP contribution in [0.15, 0.2) is 18.2 Å². The van der Waals surface area contributed by atoms with Crippen LogP contribution >= 0.6 is 0 Å². The molecule has 0 aliphatic rings. The van der Waals surface area contributed by atoms with Crippen LogP contribution < -0.4 is 5.32 Å². The molecule has 0 fully saturated rings. The first kappa shape index (κ1) is 14.6. The van der Waals surface area contributed by atoms with Gasteiger partial charge in [-0.05, 0) is 37.6 Å². The molecule has 0 bridgehead atoms. The van der Waals surface area contributed by atoms with Gasteiger partial charge in [0, 0.05) is 19.0 Å². The molecule has 1 N–H and O–H groups in total. The first-order chi connectivity index (χ1) is 8.61. The summed E-state index contributed by atoms with van der Waals surface area (Å²) in [4.78, 5) is 11.0.